The summed E-state index contributed by atoms with van der Waals surface area (Å²) in [5, 5.41) is 3.94. The summed E-state index contributed by atoms with van der Waals surface area (Å²) in [6.07, 6.45) is -0.838. The van der Waals surface area contributed by atoms with Gasteiger partial charge in [-0.05, 0) is 56.3 Å². The van der Waals surface area contributed by atoms with Crippen LogP contribution in [0.5, 0.6) is 11.5 Å². The fourth-order valence-electron chi connectivity index (χ4n) is 1.96. The highest BCUT2D eigenvalue weighted by Gasteiger charge is 2.14. The third kappa shape index (κ3) is 5.00. The summed E-state index contributed by atoms with van der Waals surface area (Å²) in [7, 11) is 1.38. The predicted molar refractivity (Wildman–Crippen MR) is 89.8 cm³/mol. The highest BCUT2D eigenvalue weighted by atomic mass is 19.1. The molecule has 0 aromatic heterocycles. The smallest absolute Gasteiger partial charge is 0.280 e. The van der Waals surface area contributed by atoms with Crippen molar-refractivity contribution in [1.29, 1.82) is 0 Å². The van der Waals surface area contributed by atoms with Crippen LogP contribution in [-0.4, -0.2) is 24.8 Å². The van der Waals surface area contributed by atoms with E-state index in [2.05, 4.69) is 10.5 Å². The van der Waals surface area contributed by atoms with Crippen molar-refractivity contribution < 1.29 is 23.0 Å². The predicted octanol–water partition coefficient (Wildman–Crippen LogP) is 3.28. The summed E-state index contributed by atoms with van der Waals surface area (Å²) in [6.45, 7) is 3.17. The fraction of sp³-hybridized carbons (Fsp3) is 0.222. The first-order valence-corrected chi connectivity index (χ1v) is 7.51. The molecule has 0 saturated carbocycles. The van der Waals surface area contributed by atoms with Crippen molar-refractivity contribution in [2.45, 2.75) is 20.0 Å². The lowest BCUT2D eigenvalue weighted by Gasteiger charge is -2.13. The number of nitrogens with zero attached hydrogens (tertiary/aromatic N) is 1. The van der Waals surface area contributed by atoms with Crippen molar-refractivity contribution >= 4 is 11.6 Å². The zero-order valence-electron chi connectivity index (χ0n) is 14.0. The van der Waals surface area contributed by atoms with Crippen molar-refractivity contribution in [2.24, 2.45) is 5.10 Å². The van der Waals surface area contributed by atoms with Gasteiger partial charge < -0.3 is 9.47 Å². The number of hydrogen-bond donors (Lipinski definition) is 1. The molecule has 1 amide bonds. The van der Waals surface area contributed by atoms with Crippen LogP contribution in [0.2, 0.25) is 0 Å². The Labute approximate surface area is 144 Å². The van der Waals surface area contributed by atoms with Crippen LogP contribution in [0.15, 0.2) is 47.6 Å². The van der Waals surface area contributed by atoms with Gasteiger partial charge in [-0.2, -0.15) is 5.10 Å². The van der Waals surface area contributed by atoms with Crippen molar-refractivity contribution in [3.05, 3.63) is 59.7 Å². The van der Waals surface area contributed by atoms with Gasteiger partial charge in [-0.25, -0.2) is 14.2 Å². The van der Waals surface area contributed by atoms with Gasteiger partial charge in [0.25, 0.3) is 5.91 Å². The van der Waals surface area contributed by atoms with E-state index in [-0.39, 0.29) is 5.75 Å². The quantitative estimate of drug-likeness (QED) is 0.644. The van der Waals surface area contributed by atoms with E-state index in [1.165, 1.54) is 50.4 Å². The number of amides is 1. The lowest BCUT2D eigenvalue weighted by Crippen LogP contribution is -2.33. The molecular formula is C18H18F2N2O3. The maximum Gasteiger partial charge on any atom is 0.280 e. The van der Waals surface area contributed by atoms with E-state index < -0.39 is 23.6 Å². The average molecular weight is 348 g/mol. The zero-order valence-corrected chi connectivity index (χ0v) is 14.0. The largest absolute Gasteiger partial charge is 0.494 e. The molecule has 132 valence electrons. The normalized spacial score (nSPS) is 12.4. The Hall–Kier alpha value is -2.96. The molecule has 2 aromatic rings. The molecule has 7 heteroatoms. The van der Waals surface area contributed by atoms with E-state index >= 15 is 0 Å². The molecule has 0 radical (unpaired) electrons. The topological polar surface area (TPSA) is 59.9 Å². The van der Waals surface area contributed by atoms with Crippen LogP contribution in [0.25, 0.3) is 0 Å². The number of rotatable bonds is 6. The molecule has 0 heterocycles. The van der Waals surface area contributed by atoms with Gasteiger partial charge in [-0.15, -0.1) is 0 Å². The minimum absolute atomic E-state index is 0.127. The van der Waals surface area contributed by atoms with Crippen LogP contribution in [0.3, 0.4) is 0 Å². The molecular weight excluding hydrogens is 330 g/mol. The van der Waals surface area contributed by atoms with Crippen molar-refractivity contribution in [2.75, 3.05) is 7.11 Å². The Morgan fingerprint density at radius 1 is 1.16 bits per heavy atom. The minimum atomic E-state index is -0.838. The van der Waals surface area contributed by atoms with E-state index in [9.17, 15) is 13.6 Å². The highest BCUT2D eigenvalue weighted by Crippen LogP contribution is 2.18. The summed E-state index contributed by atoms with van der Waals surface area (Å²) < 4.78 is 36.8. The second-order valence-electron chi connectivity index (χ2n) is 5.24. The lowest BCUT2D eigenvalue weighted by atomic mass is 10.1. The molecule has 0 unspecified atom stereocenters. The Morgan fingerprint density at radius 3 is 2.44 bits per heavy atom. The van der Waals surface area contributed by atoms with Gasteiger partial charge in [0.1, 0.15) is 11.6 Å². The fourth-order valence-corrected chi connectivity index (χ4v) is 1.96. The van der Waals surface area contributed by atoms with Crippen LogP contribution in [-0.2, 0) is 4.79 Å². The molecule has 0 saturated heterocycles. The van der Waals surface area contributed by atoms with E-state index in [0.29, 0.717) is 17.0 Å². The Balaban J connectivity index is 1.98. The molecule has 0 bridgehead atoms. The number of methoxy groups -OCH3 is 1. The SMILES string of the molecule is COc1ccc(/C(C)=N\NC(=O)[C@H](C)Oc2ccc(F)cc2)cc1F. The number of ether oxygens (including phenoxy) is 2. The van der Waals surface area contributed by atoms with Gasteiger partial charge >= 0.3 is 0 Å². The lowest BCUT2D eigenvalue weighted by molar-refractivity contribution is -0.127. The van der Waals surface area contributed by atoms with E-state index in [1.807, 2.05) is 0 Å². The van der Waals surface area contributed by atoms with E-state index in [4.69, 9.17) is 9.47 Å². The Morgan fingerprint density at radius 2 is 1.84 bits per heavy atom. The van der Waals surface area contributed by atoms with Crippen LogP contribution in [0, 0.1) is 11.6 Å². The third-order valence-electron chi connectivity index (χ3n) is 3.40. The molecule has 0 aliphatic heterocycles. The van der Waals surface area contributed by atoms with Gasteiger partial charge in [0, 0.05) is 5.56 Å². The summed E-state index contributed by atoms with van der Waals surface area (Å²) in [4.78, 5) is 12.0. The van der Waals surface area contributed by atoms with Gasteiger partial charge in [0.2, 0.25) is 0 Å². The third-order valence-corrected chi connectivity index (χ3v) is 3.40. The first kappa shape index (κ1) is 18.4. The van der Waals surface area contributed by atoms with Gasteiger partial charge in [-0.3, -0.25) is 4.79 Å². The molecule has 0 fully saturated rings. The van der Waals surface area contributed by atoms with Crippen LogP contribution in [0.4, 0.5) is 8.78 Å². The molecule has 0 aliphatic carbocycles. The summed E-state index contributed by atoms with van der Waals surface area (Å²) in [5.41, 5.74) is 3.28. The van der Waals surface area contributed by atoms with Crippen molar-refractivity contribution in [3.8, 4) is 11.5 Å². The Bertz CT molecular complexity index is 776. The maximum absolute atomic E-state index is 13.7. The molecule has 0 aliphatic rings. The number of hydrogen-bond acceptors (Lipinski definition) is 4. The number of carbonyl (C=O) groups excluding carboxylic acids is 1. The molecule has 0 spiro atoms. The molecule has 1 atom stereocenters. The maximum atomic E-state index is 13.7. The van der Waals surface area contributed by atoms with E-state index in [1.54, 1.807) is 13.0 Å². The molecule has 1 N–H and O–H groups in total. The number of benzene rings is 2. The highest BCUT2D eigenvalue weighted by molar-refractivity contribution is 5.99. The standard InChI is InChI=1S/C18H18F2N2O3/c1-11(13-4-9-17(24-3)16(20)10-13)21-22-18(23)12(2)25-15-7-5-14(19)6-8-15/h4-10,12H,1-3H3,(H,22,23)/b21-11-/t12-/m0/s1. The summed E-state index contributed by atoms with van der Waals surface area (Å²) in [6, 6.07) is 9.70. The monoisotopic (exact) mass is 348 g/mol. The molecule has 2 rings (SSSR count). The van der Waals surface area contributed by atoms with Gasteiger partial charge in [0.15, 0.2) is 17.7 Å². The van der Waals surface area contributed by atoms with E-state index in [0.717, 1.165) is 0 Å². The molecule has 25 heavy (non-hydrogen) atoms. The number of nitrogens with one attached hydrogen (secondary N) is 1. The number of carbonyl (C=O) groups is 1. The van der Waals surface area contributed by atoms with Crippen LogP contribution in [0.1, 0.15) is 19.4 Å². The molecule has 5 nitrogen and oxygen atoms in total. The Kier molecular flexibility index (Phi) is 6.05. The summed E-state index contributed by atoms with van der Waals surface area (Å²) in [5.74, 6) is -0.910. The second kappa shape index (κ2) is 8.23. The van der Waals surface area contributed by atoms with Gasteiger partial charge in [0.05, 0.1) is 12.8 Å². The first-order chi connectivity index (χ1) is 11.9. The average Bonchev–Trinajstić information content (AvgIpc) is 2.61. The first-order valence-electron chi connectivity index (χ1n) is 7.51. The second-order valence-corrected chi connectivity index (χ2v) is 5.24. The zero-order chi connectivity index (χ0) is 18.4. The van der Waals surface area contributed by atoms with Crippen LogP contribution >= 0.6 is 0 Å². The minimum Gasteiger partial charge on any atom is -0.494 e. The van der Waals surface area contributed by atoms with Crippen LogP contribution < -0.4 is 14.9 Å². The summed E-state index contributed by atoms with van der Waals surface area (Å²) >= 11 is 0. The molecule has 2 aromatic carbocycles. The number of hydrazone groups is 1. The van der Waals surface area contributed by atoms with Crippen molar-refractivity contribution in [1.82, 2.24) is 5.43 Å². The number of halogens is 2. The van der Waals surface area contributed by atoms with Gasteiger partial charge in [-0.1, -0.05) is 0 Å². The van der Waals surface area contributed by atoms with Crippen molar-refractivity contribution in [3.63, 3.8) is 0 Å².